The molecule has 3 rings (SSSR count). The van der Waals surface area contributed by atoms with Crippen LogP contribution in [0.25, 0.3) is 11.0 Å². The van der Waals surface area contributed by atoms with Crippen LogP contribution < -0.4 is 10.2 Å². The summed E-state index contributed by atoms with van der Waals surface area (Å²) in [4.78, 5) is 15.3. The third-order valence-electron chi connectivity index (χ3n) is 2.87. The minimum atomic E-state index is 0.601. The number of nitrogens with zero attached hydrogens (tertiary/aromatic N) is 5. The first-order valence-electron chi connectivity index (χ1n) is 6.31. The molecular weight excluding hydrogens is 274 g/mol. The largest absolute Gasteiger partial charge is 0.354 e. The Morgan fingerprint density at radius 2 is 2.30 bits per heavy atom. The summed E-state index contributed by atoms with van der Waals surface area (Å²) < 4.78 is 0. The molecule has 2 N–H and O–H groups in total. The van der Waals surface area contributed by atoms with Gasteiger partial charge >= 0.3 is 0 Å². The monoisotopic (exact) mass is 289 g/mol. The Hall–Kier alpha value is -2.22. The number of nitrogens with one attached hydrogen (secondary N) is 2. The van der Waals surface area contributed by atoms with Crippen molar-refractivity contribution in [3.05, 3.63) is 22.8 Å². The molecule has 0 aliphatic carbocycles. The van der Waals surface area contributed by atoms with Gasteiger partial charge in [0.1, 0.15) is 5.82 Å². The SMILES string of the molecule is CCNc1nc(N(C)Cc2cscn2)c2cn[nH]c2n1. The van der Waals surface area contributed by atoms with Crippen LogP contribution in [0.2, 0.25) is 0 Å². The maximum Gasteiger partial charge on any atom is 0.226 e. The Balaban J connectivity index is 1.97. The van der Waals surface area contributed by atoms with Crippen LogP contribution in [0.3, 0.4) is 0 Å². The van der Waals surface area contributed by atoms with Gasteiger partial charge in [-0.1, -0.05) is 0 Å². The van der Waals surface area contributed by atoms with Gasteiger partial charge in [-0.3, -0.25) is 5.10 Å². The fourth-order valence-electron chi connectivity index (χ4n) is 1.98. The zero-order valence-corrected chi connectivity index (χ0v) is 12.1. The van der Waals surface area contributed by atoms with Crippen LogP contribution in [0, 0.1) is 0 Å². The minimum absolute atomic E-state index is 0.601. The van der Waals surface area contributed by atoms with Gasteiger partial charge in [0.2, 0.25) is 5.95 Å². The molecule has 104 valence electrons. The number of aromatic nitrogens is 5. The summed E-state index contributed by atoms with van der Waals surface area (Å²) >= 11 is 1.59. The number of aromatic amines is 1. The van der Waals surface area contributed by atoms with Gasteiger partial charge in [0.25, 0.3) is 0 Å². The summed E-state index contributed by atoms with van der Waals surface area (Å²) in [5, 5.41) is 13.0. The van der Waals surface area contributed by atoms with E-state index in [0.29, 0.717) is 12.5 Å². The van der Waals surface area contributed by atoms with Gasteiger partial charge in [0.05, 0.1) is 29.3 Å². The highest BCUT2D eigenvalue weighted by Crippen LogP contribution is 2.24. The van der Waals surface area contributed by atoms with Crippen molar-refractivity contribution in [2.75, 3.05) is 23.8 Å². The highest BCUT2D eigenvalue weighted by molar-refractivity contribution is 7.07. The first kappa shape index (κ1) is 12.8. The fraction of sp³-hybridized carbons (Fsp3) is 0.333. The summed E-state index contributed by atoms with van der Waals surface area (Å²) in [5.74, 6) is 1.44. The van der Waals surface area contributed by atoms with Crippen molar-refractivity contribution in [1.82, 2.24) is 25.1 Å². The summed E-state index contributed by atoms with van der Waals surface area (Å²) in [5.41, 5.74) is 3.59. The maximum atomic E-state index is 4.56. The summed E-state index contributed by atoms with van der Waals surface area (Å²) in [7, 11) is 1.99. The van der Waals surface area contributed by atoms with Gasteiger partial charge in [-0.05, 0) is 6.92 Å². The van der Waals surface area contributed by atoms with E-state index in [1.165, 1.54) is 0 Å². The minimum Gasteiger partial charge on any atom is -0.354 e. The number of anilines is 2. The van der Waals surface area contributed by atoms with E-state index in [0.717, 1.165) is 29.1 Å². The van der Waals surface area contributed by atoms with E-state index >= 15 is 0 Å². The van der Waals surface area contributed by atoms with E-state index in [4.69, 9.17) is 0 Å². The lowest BCUT2D eigenvalue weighted by Crippen LogP contribution is -2.19. The molecule has 3 aromatic rings. The van der Waals surface area contributed by atoms with Crippen molar-refractivity contribution >= 4 is 34.1 Å². The standard InChI is InChI=1S/C12H15N7S/c1-3-13-12-16-10-9(4-15-18-10)11(17-12)19(2)5-8-6-20-7-14-8/h4,6-7H,3,5H2,1-2H3,(H2,13,15,16,17,18). The molecular formula is C12H15N7S. The number of fused-ring (bicyclic) bond motifs is 1. The van der Waals surface area contributed by atoms with E-state index in [9.17, 15) is 0 Å². The van der Waals surface area contributed by atoms with Crippen molar-refractivity contribution in [2.24, 2.45) is 0 Å². The summed E-state index contributed by atoms with van der Waals surface area (Å²) in [6.07, 6.45) is 1.75. The number of hydrogen-bond donors (Lipinski definition) is 2. The van der Waals surface area contributed by atoms with Crippen LogP contribution in [0.4, 0.5) is 11.8 Å². The second kappa shape index (κ2) is 5.41. The second-order valence-corrected chi connectivity index (χ2v) is 5.09. The van der Waals surface area contributed by atoms with Crippen LogP contribution in [0.1, 0.15) is 12.6 Å². The van der Waals surface area contributed by atoms with Crippen LogP contribution in [-0.4, -0.2) is 38.7 Å². The molecule has 0 saturated heterocycles. The molecule has 7 nitrogen and oxygen atoms in total. The number of thiazole rings is 1. The molecule has 0 aromatic carbocycles. The molecule has 3 aromatic heterocycles. The Morgan fingerprint density at radius 3 is 3.05 bits per heavy atom. The molecule has 0 fully saturated rings. The molecule has 0 aliphatic rings. The first-order valence-corrected chi connectivity index (χ1v) is 7.25. The second-order valence-electron chi connectivity index (χ2n) is 4.37. The summed E-state index contributed by atoms with van der Waals surface area (Å²) in [6.45, 7) is 3.49. The number of rotatable bonds is 5. The molecule has 8 heteroatoms. The van der Waals surface area contributed by atoms with E-state index in [2.05, 4.69) is 35.4 Å². The fourth-order valence-corrected chi connectivity index (χ4v) is 2.53. The third kappa shape index (κ3) is 2.42. The molecule has 0 saturated carbocycles. The zero-order valence-electron chi connectivity index (χ0n) is 11.3. The lowest BCUT2D eigenvalue weighted by atomic mass is 10.3. The molecule has 0 amide bonds. The van der Waals surface area contributed by atoms with E-state index < -0.39 is 0 Å². The van der Waals surface area contributed by atoms with Crippen molar-refractivity contribution in [2.45, 2.75) is 13.5 Å². The van der Waals surface area contributed by atoms with E-state index in [1.54, 1.807) is 17.5 Å². The Morgan fingerprint density at radius 1 is 1.40 bits per heavy atom. The van der Waals surface area contributed by atoms with Crippen molar-refractivity contribution in [3.63, 3.8) is 0 Å². The highest BCUT2D eigenvalue weighted by Gasteiger charge is 2.13. The predicted molar refractivity (Wildman–Crippen MR) is 80.1 cm³/mol. The number of hydrogen-bond acceptors (Lipinski definition) is 7. The Labute approximate surface area is 120 Å². The van der Waals surface area contributed by atoms with Crippen LogP contribution in [-0.2, 0) is 6.54 Å². The van der Waals surface area contributed by atoms with Gasteiger partial charge in [-0.15, -0.1) is 11.3 Å². The van der Waals surface area contributed by atoms with Crippen LogP contribution in [0.5, 0.6) is 0 Å². The maximum absolute atomic E-state index is 4.56. The summed E-state index contributed by atoms with van der Waals surface area (Å²) in [6, 6.07) is 0. The smallest absolute Gasteiger partial charge is 0.226 e. The average molecular weight is 289 g/mol. The molecule has 0 atom stereocenters. The van der Waals surface area contributed by atoms with Gasteiger partial charge in [-0.25, -0.2) is 4.98 Å². The Kier molecular flexibility index (Phi) is 3.46. The van der Waals surface area contributed by atoms with Crippen molar-refractivity contribution in [1.29, 1.82) is 0 Å². The molecule has 0 bridgehead atoms. The molecule has 20 heavy (non-hydrogen) atoms. The van der Waals surface area contributed by atoms with E-state index in [-0.39, 0.29) is 0 Å². The highest BCUT2D eigenvalue weighted by atomic mass is 32.1. The molecule has 0 spiro atoms. The lowest BCUT2D eigenvalue weighted by Gasteiger charge is -2.18. The van der Waals surface area contributed by atoms with Gasteiger partial charge < -0.3 is 10.2 Å². The third-order valence-corrected chi connectivity index (χ3v) is 3.50. The average Bonchev–Trinajstić information content (AvgIpc) is 3.08. The van der Waals surface area contributed by atoms with E-state index in [1.807, 2.05) is 24.9 Å². The lowest BCUT2D eigenvalue weighted by molar-refractivity contribution is 0.876. The predicted octanol–water partition coefficient (Wildman–Crippen LogP) is 1.88. The van der Waals surface area contributed by atoms with Crippen molar-refractivity contribution in [3.8, 4) is 0 Å². The first-order chi connectivity index (χ1) is 9.78. The van der Waals surface area contributed by atoms with Crippen LogP contribution >= 0.6 is 11.3 Å². The van der Waals surface area contributed by atoms with Gasteiger partial charge in [-0.2, -0.15) is 15.1 Å². The normalized spacial score (nSPS) is 10.9. The van der Waals surface area contributed by atoms with Crippen LogP contribution in [0.15, 0.2) is 17.1 Å². The quantitative estimate of drug-likeness (QED) is 0.746. The topological polar surface area (TPSA) is 82.6 Å². The zero-order chi connectivity index (χ0) is 13.9. The van der Waals surface area contributed by atoms with Gasteiger partial charge in [0.15, 0.2) is 5.65 Å². The Bertz CT molecular complexity index is 691. The molecule has 0 radical (unpaired) electrons. The van der Waals surface area contributed by atoms with Gasteiger partial charge in [0, 0.05) is 19.0 Å². The number of H-pyrrole nitrogens is 1. The molecule has 3 heterocycles. The molecule has 0 unspecified atom stereocenters. The van der Waals surface area contributed by atoms with Crippen molar-refractivity contribution < 1.29 is 0 Å². The molecule has 0 aliphatic heterocycles.